The first-order valence-electron chi connectivity index (χ1n) is 9.50. The molecule has 2 amide bonds. The minimum absolute atomic E-state index is 0.0276. The first kappa shape index (κ1) is 23.1. The molecule has 0 aliphatic rings. The molecule has 0 aliphatic carbocycles. The average molecular weight is 437 g/mol. The second-order valence-corrected chi connectivity index (χ2v) is 8.64. The summed E-state index contributed by atoms with van der Waals surface area (Å²) in [6.45, 7) is 8.95. The number of rotatable bonds is 10. The molecule has 2 aromatic rings. The highest BCUT2D eigenvalue weighted by Gasteiger charge is 2.22. The lowest BCUT2D eigenvalue weighted by molar-refractivity contribution is -0.128. The Hall–Kier alpha value is -2.20. The van der Waals surface area contributed by atoms with Gasteiger partial charge in [0.05, 0.1) is 17.0 Å². The predicted octanol–water partition coefficient (Wildman–Crippen LogP) is 2.31. The maximum absolute atomic E-state index is 12.5. The number of aromatic nitrogens is 3. The molecule has 0 saturated heterocycles. The molecular formula is C19H28N6O2S2. The minimum atomic E-state index is -0.400. The molecular weight excluding hydrogens is 408 g/mol. The van der Waals surface area contributed by atoms with E-state index in [4.69, 9.17) is 5.84 Å². The smallest absolute Gasteiger partial charge is 0.233 e. The SMILES string of the molecule is CCN(CC)C(=O)CSc1nnc(SC(C)C(=O)NC(C)c2ccccc2)n1N. The van der Waals surface area contributed by atoms with Gasteiger partial charge in [-0.15, -0.1) is 10.2 Å². The normalized spacial score (nSPS) is 13.0. The molecule has 0 saturated carbocycles. The van der Waals surface area contributed by atoms with E-state index >= 15 is 0 Å². The van der Waals surface area contributed by atoms with E-state index in [2.05, 4.69) is 15.5 Å². The van der Waals surface area contributed by atoms with Crippen molar-refractivity contribution in [3.05, 3.63) is 35.9 Å². The lowest BCUT2D eigenvalue weighted by atomic mass is 10.1. The summed E-state index contributed by atoms with van der Waals surface area (Å²) in [4.78, 5) is 26.4. The Morgan fingerprint density at radius 2 is 1.76 bits per heavy atom. The van der Waals surface area contributed by atoms with Crippen LogP contribution < -0.4 is 11.2 Å². The molecule has 29 heavy (non-hydrogen) atoms. The van der Waals surface area contributed by atoms with E-state index < -0.39 is 5.25 Å². The van der Waals surface area contributed by atoms with Crippen LogP contribution in [0.25, 0.3) is 0 Å². The summed E-state index contributed by atoms with van der Waals surface area (Å²) < 4.78 is 1.33. The molecule has 1 aromatic heterocycles. The largest absolute Gasteiger partial charge is 0.349 e. The molecule has 0 aliphatic heterocycles. The Bertz CT molecular complexity index is 810. The van der Waals surface area contributed by atoms with E-state index in [1.54, 1.807) is 11.8 Å². The van der Waals surface area contributed by atoms with Gasteiger partial charge in [-0.05, 0) is 33.3 Å². The molecule has 1 heterocycles. The molecule has 3 N–H and O–H groups in total. The third-order valence-corrected chi connectivity index (χ3v) is 6.37. The van der Waals surface area contributed by atoms with Crippen molar-refractivity contribution in [2.24, 2.45) is 0 Å². The summed E-state index contributed by atoms with van der Waals surface area (Å²) >= 11 is 2.47. The Morgan fingerprint density at radius 3 is 2.38 bits per heavy atom. The summed E-state index contributed by atoms with van der Waals surface area (Å²) in [5.74, 6) is 6.22. The first-order chi connectivity index (χ1) is 13.9. The van der Waals surface area contributed by atoms with E-state index in [9.17, 15) is 9.59 Å². The highest BCUT2D eigenvalue weighted by atomic mass is 32.2. The minimum Gasteiger partial charge on any atom is -0.349 e. The number of nitrogens with one attached hydrogen (secondary N) is 1. The lowest BCUT2D eigenvalue weighted by Crippen LogP contribution is -2.33. The lowest BCUT2D eigenvalue weighted by Gasteiger charge is -2.18. The molecule has 8 nitrogen and oxygen atoms in total. The summed E-state index contributed by atoms with van der Waals surface area (Å²) in [5.41, 5.74) is 1.04. The summed E-state index contributed by atoms with van der Waals surface area (Å²) in [5, 5.41) is 11.6. The van der Waals surface area contributed by atoms with Crippen molar-refractivity contribution < 1.29 is 9.59 Å². The molecule has 2 unspecified atom stereocenters. The predicted molar refractivity (Wildman–Crippen MR) is 117 cm³/mol. The van der Waals surface area contributed by atoms with Crippen molar-refractivity contribution in [2.75, 3.05) is 24.7 Å². The van der Waals surface area contributed by atoms with E-state index in [1.165, 1.54) is 28.2 Å². The standard InChI is InChI=1S/C19H28N6O2S2/c1-5-24(6-2)16(26)12-28-18-22-23-19(25(18)20)29-14(4)17(27)21-13(3)15-10-8-7-9-11-15/h7-11,13-14H,5-6,12,20H2,1-4H3,(H,21,27). The quantitative estimate of drug-likeness (QED) is 0.435. The van der Waals surface area contributed by atoms with Crippen LogP contribution in [-0.4, -0.2) is 55.7 Å². The fraction of sp³-hybridized carbons (Fsp3) is 0.474. The molecule has 2 rings (SSSR count). The van der Waals surface area contributed by atoms with Gasteiger partial charge in [0.15, 0.2) is 0 Å². The zero-order chi connectivity index (χ0) is 21.4. The number of nitrogens with zero attached hydrogens (tertiary/aromatic N) is 4. The Labute approximate surface area is 180 Å². The molecule has 158 valence electrons. The van der Waals surface area contributed by atoms with Gasteiger partial charge in [-0.2, -0.15) is 0 Å². The fourth-order valence-electron chi connectivity index (χ4n) is 2.60. The van der Waals surface area contributed by atoms with E-state index in [-0.39, 0.29) is 23.6 Å². The molecule has 1 aromatic carbocycles. The van der Waals surface area contributed by atoms with Crippen molar-refractivity contribution in [1.82, 2.24) is 25.1 Å². The van der Waals surface area contributed by atoms with Crippen molar-refractivity contribution in [3.63, 3.8) is 0 Å². The average Bonchev–Trinajstić information content (AvgIpc) is 3.07. The maximum Gasteiger partial charge on any atom is 0.233 e. The van der Waals surface area contributed by atoms with Gasteiger partial charge < -0.3 is 16.1 Å². The molecule has 2 atom stereocenters. The van der Waals surface area contributed by atoms with Gasteiger partial charge in [-0.25, -0.2) is 4.68 Å². The third kappa shape index (κ3) is 6.40. The Morgan fingerprint density at radius 1 is 1.14 bits per heavy atom. The first-order valence-corrected chi connectivity index (χ1v) is 11.4. The number of carbonyl (C=O) groups excluding carboxylic acids is 2. The second kappa shape index (κ2) is 11.1. The van der Waals surface area contributed by atoms with Crippen LogP contribution >= 0.6 is 23.5 Å². The highest BCUT2D eigenvalue weighted by Crippen LogP contribution is 2.25. The zero-order valence-corrected chi connectivity index (χ0v) is 18.8. The maximum atomic E-state index is 12.5. The number of carbonyl (C=O) groups is 2. The van der Waals surface area contributed by atoms with Crippen molar-refractivity contribution >= 4 is 35.3 Å². The number of thioether (sulfide) groups is 2. The number of nitrogens with two attached hydrogens (primary N) is 1. The van der Waals surface area contributed by atoms with Gasteiger partial charge >= 0.3 is 0 Å². The van der Waals surface area contributed by atoms with Gasteiger partial charge in [-0.1, -0.05) is 53.9 Å². The molecule has 0 fully saturated rings. The van der Waals surface area contributed by atoms with Crippen LogP contribution in [0.15, 0.2) is 40.6 Å². The summed E-state index contributed by atoms with van der Waals surface area (Å²) in [7, 11) is 0. The molecule has 0 spiro atoms. The van der Waals surface area contributed by atoms with Crippen LogP contribution in [0.5, 0.6) is 0 Å². The van der Waals surface area contributed by atoms with Crippen molar-refractivity contribution in [2.45, 2.75) is 49.3 Å². The third-order valence-electron chi connectivity index (χ3n) is 4.38. The van der Waals surface area contributed by atoms with Crippen molar-refractivity contribution in [3.8, 4) is 0 Å². The monoisotopic (exact) mass is 436 g/mol. The van der Waals surface area contributed by atoms with E-state index in [0.717, 1.165) is 5.56 Å². The Kier molecular flexibility index (Phi) is 8.84. The van der Waals surface area contributed by atoms with Crippen LogP contribution in [-0.2, 0) is 9.59 Å². The van der Waals surface area contributed by atoms with Gasteiger partial charge in [0.1, 0.15) is 0 Å². The number of amides is 2. The Balaban J connectivity index is 1.91. The van der Waals surface area contributed by atoms with Gasteiger partial charge in [0.2, 0.25) is 22.1 Å². The van der Waals surface area contributed by atoms with Crippen molar-refractivity contribution in [1.29, 1.82) is 0 Å². The number of benzene rings is 1. The van der Waals surface area contributed by atoms with Gasteiger partial charge in [0.25, 0.3) is 0 Å². The van der Waals surface area contributed by atoms with Crippen LogP contribution in [0.4, 0.5) is 0 Å². The highest BCUT2D eigenvalue weighted by molar-refractivity contribution is 8.00. The van der Waals surface area contributed by atoms with Crippen LogP contribution in [0.1, 0.15) is 39.3 Å². The number of hydrogen-bond acceptors (Lipinski definition) is 7. The fourth-order valence-corrected chi connectivity index (χ4v) is 4.20. The summed E-state index contributed by atoms with van der Waals surface area (Å²) in [6, 6.07) is 9.68. The van der Waals surface area contributed by atoms with E-state index in [1.807, 2.05) is 51.1 Å². The van der Waals surface area contributed by atoms with E-state index in [0.29, 0.717) is 23.4 Å². The van der Waals surface area contributed by atoms with Gasteiger partial charge in [-0.3, -0.25) is 9.59 Å². The molecule has 10 heteroatoms. The summed E-state index contributed by atoms with van der Waals surface area (Å²) in [6.07, 6.45) is 0. The van der Waals surface area contributed by atoms with Gasteiger partial charge in [0, 0.05) is 13.1 Å². The van der Waals surface area contributed by atoms with Crippen LogP contribution in [0.3, 0.4) is 0 Å². The number of nitrogen functional groups attached to an aromatic ring is 1. The molecule has 0 bridgehead atoms. The zero-order valence-electron chi connectivity index (χ0n) is 17.2. The topological polar surface area (TPSA) is 106 Å². The molecule has 0 radical (unpaired) electrons. The van der Waals surface area contributed by atoms with Crippen LogP contribution in [0, 0.1) is 0 Å². The van der Waals surface area contributed by atoms with Crippen LogP contribution in [0.2, 0.25) is 0 Å². The number of hydrogen-bond donors (Lipinski definition) is 2. The second-order valence-electron chi connectivity index (χ2n) is 6.39.